The van der Waals surface area contributed by atoms with Crippen molar-refractivity contribution in [3.8, 4) is 5.75 Å². The lowest BCUT2D eigenvalue weighted by Gasteiger charge is -2.21. The number of benzene rings is 1. The first-order valence-corrected chi connectivity index (χ1v) is 9.55. The van der Waals surface area contributed by atoms with Crippen molar-refractivity contribution in [1.29, 1.82) is 0 Å². The van der Waals surface area contributed by atoms with Crippen molar-refractivity contribution < 1.29 is 24.0 Å². The second-order valence-electron chi connectivity index (χ2n) is 7.26. The average Bonchev–Trinajstić information content (AvgIpc) is 2.67. The van der Waals surface area contributed by atoms with Gasteiger partial charge in [0.2, 0.25) is 0 Å². The Hall–Kier alpha value is -2.58. The van der Waals surface area contributed by atoms with Crippen LogP contribution >= 0.6 is 11.6 Å². The fraction of sp³-hybridized carbons (Fsp3) is 0.450. The fourth-order valence-corrected chi connectivity index (χ4v) is 2.43. The lowest BCUT2D eigenvalue weighted by Crippen LogP contribution is -2.36. The number of rotatable bonds is 8. The molecule has 0 atom stereocenters. The summed E-state index contributed by atoms with van der Waals surface area (Å²) in [6.45, 7) is 8.05. The van der Waals surface area contributed by atoms with Crippen molar-refractivity contribution in [2.45, 2.75) is 52.9 Å². The van der Waals surface area contributed by atoms with Gasteiger partial charge in [-0.15, -0.1) is 0 Å². The molecule has 0 unspecified atom stereocenters. The van der Waals surface area contributed by atoms with Crippen LogP contribution in [0.5, 0.6) is 5.75 Å². The molecule has 8 nitrogen and oxygen atoms in total. The molecule has 0 aliphatic carbocycles. The summed E-state index contributed by atoms with van der Waals surface area (Å²) >= 11 is 6.14. The molecule has 9 heteroatoms. The van der Waals surface area contributed by atoms with E-state index in [1.807, 2.05) is 39.8 Å². The molecule has 158 valence electrons. The van der Waals surface area contributed by atoms with E-state index in [9.17, 15) is 9.59 Å². The molecule has 0 radical (unpaired) electrons. The minimum atomic E-state index is -0.865. The first-order chi connectivity index (χ1) is 13.7. The second-order valence-corrected chi connectivity index (χ2v) is 7.64. The van der Waals surface area contributed by atoms with Crippen LogP contribution in [0.4, 0.5) is 4.79 Å². The number of hydrogen-bond acceptors (Lipinski definition) is 7. The van der Waals surface area contributed by atoms with E-state index < -0.39 is 17.3 Å². The van der Waals surface area contributed by atoms with Gasteiger partial charge in [0.1, 0.15) is 13.2 Å². The minimum Gasteiger partial charge on any atom is -0.485 e. The fourth-order valence-electron chi connectivity index (χ4n) is 2.24. The normalized spacial score (nSPS) is 11.2. The van der Waals surface area contributed by atoms with Crippen LogP contribution in [0.1, 0.15) is 45.2 Å². The highest BCUT2D eigenvalue weighted by Gasteiger charge is 2.20. The van der Waals surface area contributed by atoms with Gasteiger partial charge in [-0.3, -0.25) is 9.68 Å². The lowest BCUT2D eigenvalue weighted by atomic mass is 10.1. The van der Waals surface area contributed by atoms with Crippen LogP contribution in [0.15, 0.2) is 35.3 Å². The third-order valence-corrected chi connectivity index (χ3v) is 4.06. The number of carbonyl (C=O) groups is 1. The summed E-state index contributed by atoms with van der Waals surface area (Å²) in [5.74, 6) is 0.226. The molecule has 2 rings (SSSR count). The maximum absolute atomic E-state index is 12.3. The first-order valence-electron chi connectivity index (χ1n) is 9.17. The van der Waals surface area contributed by atoms with Crippen LogP contribution in [0.3, 0.4) is 0 Å². The molecule has 0 saturated carbocycles. The zero-order valence-electron chi connectivity index (χ0n) is 16.9. The summed E-state index contributed by atoms with van der Waals surface area (Å²) < 4.78 is 11.7. The summed E-state index contributed by atoms with van der Waals surface area (Å²) in [6, 6.07) is 7.26. The van der Waals surface area contributed by atoms with E-state index in [-0.39, 0.29) is 30.6 Å². The van der Waals surface area contributed by atoms with Crippen molar-refractivity contribution in [3.05, 3.63) is 57.0 Å². The van der Waals surface area contributed by atoms with Crippen LogP contribution in [-0.4, -0.2) is 22.5 Å². The zero-order chi connectivity index (χ0) is 21.4. The average molecular weight is 425 g/mol. The highest BCUT2D eigenvalue weighted by Crippen LogP contribution is 2.22. The van der Waals surface area contributed by atoms with Crippen molar-refractivity contribution >= 4 is 17.8 Å². The quantitative estimate of drug-likeness (QED) is 0.356. The van der Waals surface area contributed by atoms with Gasteiger partial charge in [-0.2, -0.15) is 9.99 Å². The van der Waals surface area contributed by atoms with E-state index in [2.05, 4.69) is 9.99 Å². The van der Waals surface area contributed by atoms with Crippen molar-refractivity contribution in [2.24, 2.45) is 0 Å². The van der Waals surface area contributed by atoms with Crippen LogP contribution < -0.4 is 10.3 Å². The molecular formula is C20H25ClN2O6. The number of ether oxygens (including phenoxy) is 2. The SMILES string of the molecule is CCCOC(=O)OOCc1ccc(COc2cnn(C(C)(C)C)c(=O)c2Cl)cc1. The Bertz CT molecular complexity index is 874. The molecule has 0 N–H and O–H groups in total. The number of halogens is 1. The molecule has 0 amide bonds. The summed E-state index contributed by atoms with van der Waals surface area (Å²) in [6.07, 6.45) is 1.28. The molecule has 0 bridgehead atoms. The summed E-state index contributed by atoms with van der Waals surface area (Å²) in [5.41, 5.74) is 0.771. The molecule has 2 aromatic rings. The second kappa shape index (κ2) is 10.3. The van der Waals surface area contributed by atoms with Gasteiger partial charge in [0, 0.05) is 0 Å². The van der Waals surface area contributed by atoms with E-state index in [1.54, 1.807) is 12.1 Å². The van der Waals surface area contributed by atoms with E-state index in [1.165, 1.54) is 10.9 Å². The molecule has 1 aromatic carbocycles. The third-order valence-electron chi connectivity index (χ3n) is 3.72. The molecule has 0 saturated heterocycles. The molecule has 0 aliphatic heterocycles. The Morgan fingerprint density at radius 3 is 2.34 bits per heavy atom. The summed E-state index contributed by atoms with van der Waals surface area (Å²) in [4.78, 5) is 32.8. The van der Waals surface area contributed by atoms with Crippen LogP contribution in [0.25, 0.3) is 0 Å². The van der Waals surface area contributed by atoms with Crippen molar-refractivity contribution in [1.82, 2.24) is 9.78 Å². The number of nitrogens with zero attached hydrogens (tertiary/aromatic N) is 2. The lowest BCUT2D eigenvalue weighted by molar-refractivity contribution is -0.264. The maximum Gasteiger partial charge on any atom is 0.540 e. The van der Waals surface area contributed by atoms with Gasteiger partial charge in [0.05, 0.1) is 18.3 Å². The van der Waals surface area contributed by atoms with E-state index in [0.29, 0.717) is 6.42 Å². The molecule has 1 heterocycles. The number of carbonyl (C=O) groups excluding carboxylic acids is 1. The molecular weight excluding hydrogens is 400 g/mol. The Balaban J connectivity index is 1.88. The Labute approximate surface area is 174 Å². The predicted octanol–water partition coefficient (Wildman–Crippen LogP) is 4.23. The van der Waals surface area contributed by atoms with Gasteiger partial charge in [-0.1, -0.05) is 42.8 Å². The number of aromatic nitrogens is 2. The molecule has 0 spiro atoms. The smallest absolute Gasteiger partial charge is 0.485 e. The van der Waals surface area contributed by atoms with Gasteiger partial charge in [-0.05, 0) is 38.3 Å². The van der Waals surface area contributed by atoms with Crippen molar-refractivity contribution in [2.75, 3.05) is 6.61 Å². The predicted molar refractivity (Wildman–Crippen MR) is 107 cm³/mol. The zero-order valence-corrected chi connectivity index (χ0v) is 17.7. The number of hydrogen-bond donors (Lipinski definition) is 0. The standard InChI is InChI=1S/C20H25ClN2O6/c1-5-10-26-19(25)29-28-13-15-8-6-14(7-9-15)12-27-16-11-22-23(20(2,3)4)18(24)17(16)21/h6-9,11H,5,10,12-13H2,1-4H3. The van der Waals surface area contributed by atoms with Gasteiger partial charge in [-0.25, -0.2) is 9.48 Å². The van der Waals surface area contributed by atoms with Gasteiger partial charge >= 0.3 is 6.16 Å². The Morgan fingerprint density at radius 1 is 1.14 bits per heavy atom. The summed E-state index contributed by atoms with van der Waals surface area (Å²) in [7, 11) is 0. The molecule has 1 aromatic heterocycles. The highest BCUT2D eigenvalue weighted by molar-refractivity contribution is 6.31. The van der Waals surface area contributed by atoms with Crippen molar-refractivity contribution in [3.63, 3.8) is 0 Å². The molecule has 29 heavy (non-hydrogen) atoms. The maximum atomic E-state index is 12.3. The van der Waals surface area contributed by atoms with E-state index in [0.717, 1.165) is 11.1 Å². The Morgan fingerprint density at radius 2 is 1.76 bits per heavy atom. The van der Waals surface area contributed by atoms with E-state index in [4.69, 9.17) is 26.0 Å². The highest BCUT2D eigenvalue weighted by atomic mass is 35.5. The third kappa shape index (κ3) is 6.76. The summed E-state index contributed by atoms with van der Waals surface area (Å²) in [5, 5.41) is 4.12. The minimum absolute atomic E-state index is 0.00736. The van der Waals surface area contributed by atoms with Gasteiger partial charge < -0.3 is 9.47 Å². The van der Waals surface area contributed by atoms with Gasteiger partial charge in [0.15, 0.2) is 10.8 Å². The topological polar surface area (TPSA) is 88.9 Å². The molecule has 0 fully saturated rings. The Kier molecular flexibility index (Phi) is 8.04. The van der Waals surface area contributed by atoms with Crippen LogP contribution in [0.2, 0.25) is 5.02 Å². The van der Waals surface area contributed by atoms with E-state index >= 15 is 0 Å². The van der Waals surface area contributed by atoms with Gasteiger partial charge in [0.25, 0.3) is 5.56 Å². The first kappa shape index (κ1) is 22.7. The monoisotopic (exact) mass is 424 g/mol. The van der Waals surface area contributed by atoms with Crippen LogP contribution in [-0.2, 0) is 33.3 Å². The molecule has 0 aliphatic rings. The largest absolute Gasteiger partial charge is 0.540 e. The van der Waals surface area contributed by atoms with Crippen LogP contribution in [0, 0.1) is 0 Å².